The summed E-state index contributed by atoms with van der Waals surface area (Å²) >= 11 is 0. The maximum absolute atomic E-state index is 12.9. The minimum absolute atomic E-state index is 0.00612. The number of anilines is 2. The number of aryl methyl sites for hydroxylation is 1. The molecular weight excluding hydrogens is 342 g/mol. The number of hydrogen-bond donors (Lipinski definition) is 1. The predicted molar refractivity (Wildman–Crippen MR) is 94.8 cm³/mol. The number of amides is 1. The average molecular weight is 364 g/mol. The lowest BCUT2D eigenvalue weighted by Gasteiger charge is -2.29. The zero-order valence-corrected chi connectivity index (χ0v) is 14.8. The molecule has 140 valence electrons. The van der Waals surface area contributed by atoms with E-state index in [1.54, 1.807) is 13.8 Å². The summed E-state index contributed by atoms with van der Waals surface area (Å²) in [7, 11) is 0. The van der Waals surface area contributed by atoms with Crippen molar-refractivity contribution in [2.45, 2.75) is 26.8 Å². The normalized spacial score (nSPS) is 14.7. The molecule has 1 saturated heterocycles. The van der Waals surface area contributed by atoms with Crippen LogP contribution in [0.5, 0.6) is 0 Å². The molecule has 0 atom stereocenters. The quantitative estimate of drug-likeness (QED) is 0.886. The molecule has 0 bridgehead atoms. The highest BCUT2D eigenvalue weighted by molar-refractivity contribution is 5.93. The Morgan fingerprint density at radius 2 is 2.04 bits per heavy atom. The Bertz CT molecular complexity index is 785. The van der Waals surface area contributed by atoms with E-state index in [0.717, 1.165) is 18.8 Å². The smallest absolute Gasteiger partial charge is 0.333 e. The van der Waals surface area contributed by atoms with Gasteiger partial charge in [-0.2, -0.15) is 13.9 Å². The monoisotopic (exact) mass is 364 g/mol. The molecular formula is C18H22F2N4O2. The van der Waals surface area contributed by atoms with Gasteiger partial charge in [0.2, 0.25) is 5.91 Å². The van der Waals surface area contributed by atoms with Crippen LogP contribution in [0.25, 0.3) is 0 Å². The van der Waals surface area contributed by atoms with Gasteiger partial charge in [-0.25, -0.2) is 4.68 Å². The average Bonchev–Trinajstić information content (AvgIpc) is 2.91. The number of nitrogens with zero attached hydrogens (tertiary/aromatic N) is 3. The SMILES string of the molecule is Cc1nn(C(F)F)c(C)c1CC(=O)Nc1cccc(N2CCOCC2)c1. The van der Waals surface area contributed by atoms with E-state index < -0.39 is 6.55 Å². The molecule has 8 heteroatoms. The second-order valence-corrected chi connectivity index (χ2v) is 6.25. The molecule has 2 heterocycles. The summed E-state index contributed by atoms with van der Waals surface area (Å²) in [6.07, 6.45) is 0.00612. The third-order valence-corrected chi connectivity index (χ3v) is 4.50. The second-order valence-electron chi connectivity index (χ2n) is 6.25. The fraction of sp³-hybridized carbons (Fsp3) is 0.444. The van der Waals surface area contributed by atoms with Crippen molar-refractivity contribution in [2.24, 2.45) is 0 Å². The van der Waals surface area contributed by atoms with E-state index in [-0.39, 0.29) is 12.3 Å². The van der Waals surface area contributed by atoms with Gasteiger partial charge in [0, 0.05) is 35.7 Å². The highest BCUT2D eigenvalue weighted by atomic mass is 19.3. The summed E-state index contributed by atoms with van der Waals surface area (Å²) in [6, 6.07) is 7.59. The van der Waals surface area contributed by atoms with Crippen LogP contribution in [0.15, 0.2) is 24.3 Å². The van der Waals surface area contributed by atoms with Crippen molar-refractivity contribution in [1.82, 2.24) is 9.78 Å². The van der Waals surface area contributed by atoms with Crippen molar-refractivity contribution in [1.29, 1.82) is 0 Å². The van der Waals surface area contributed by atoms with Crippen LogP contribution in [0.2, 0.25) is 0 Å². The molecule has 1 aliphatic heterocycles. The fourth-order valence-electron chi connectivity index (χ4n) is 3.11. The van der Waals surface area contributed by atoms with Crippen molar-refractivity contribution in [3.05, 3.63) is 41.2 Å². The van der Waals surface area contributed by atoms with E-state index in [2.05, 4.69) is 15.3 Å². The summed E-state index contributed by atoms with van der Waals surface area (Å²) in [4.78, 5) is 14.6. The first-order valence-electron chi connectivity index (χ1n) is 8.51. The molecule has 1 N–H and O–H groups in total. The molecule has 1 aromatic carbocycles. The minimum Gasteiger partial charge on any atom is -0.378 e. The number of carbonyl (C=O) groups is 1. The van der Waals surface area contributed by atoms with Gasteiger partial charge >= 0.3 is 6.55 Å². The molecule has 0 unspecified atom stereocenters. The lowest BCUT2D eigenvalue weighted by Crippen LogP contribution is -2.36. The van der Waals surface area contributed by atoms with Crippen molar-refractivity contribution in [3.63, 3.8) is 0 Å². The number of alkyl halides is 2. The van der Waals surface area contributed by atoms with E-state index in [9.17, 15) is 13.6 Å². The third-order valence-electron chi connectivity index (χ3n) is 4.50. The molecule has 1 aliphatic rings. The largest absolute Gasteiger partial charge is 0.378 e. The van der Waals surface area contributed by atoms with Gasteiger partial charge in [0.05, 0.1) is 25.3 Å². The van der Waals surface area contributed by atoms with Crippen LogP contribution in [0.1, 0.15) is 23.5 Å². The Hall–Kier alpha value is -2.48. The molecule has 1 aromatic heterocycles. The lowest BCUT2D eigenvalue weighted by atomic mass is 10.1. The van der Waals surface area contributed by atoms with E-state index in [0.29, 0.717) is 40.5 Å². The van der Waals surface area contributed by atoms with E-state index >= 15 is 0 Å². The number of hydrogen-bond acceptors (Lipinski definition) is 4. The molecule has 3 rings (SSSR count). The molecule has 1 fully saturated rings. The summed E-state index contributed by atoms with van der Waals surface area (Å²) in [5, 5.41) is 6.65. The van der Waals surface area contributed by atoms with Crippen LogP contribution in [0.4, 0.5) is 20.2 Å². The Morgan fingerprint density at radius 1 is 1.31 bits per heavy atom. The van der Waals surface area contributed by atoms with E-state index in [1.807, 2.05) is 24.3 Å². The molecule has 6 nitrogen and oxygen atoms in total. The van der Waals surface area contributed by atoms with Gasteiger partial charge in [-0.3, -0.25) is 4.79 Å². The number of halogens is 2. The first-order chi connectivity index (χ1) is 12.5. The maximum Gasteiger partial charge on any atom is 0.333 e. The zero-order chi connectivity index (χ0) is 18.7. The lowest BCUT2D eigenvalue weighted by molar-refractivity contribution is -0.115. The van der Waals surface area contributed by atoms with Gasteiger partial charge < -0.3 is 15.0 Å². The molecule has 1 amide bonds. The molecule has 26 heavy (non-hydrogen) atoms. The van der Waals surface area contributed by atoms with Gasteiger partial charge in [-0.15, -0.1) is 0 Å². The van der Waals surface area contributed by atoms with Crippen LogP contribution in [0.3, 0.4) is 0 Å². The molecule has 0 spiro atoms. The molecule has 0 saturated carbocycles. The van der Waals surface area contributed by atoms with Crippen molar-refractivity contribution in [3.8, 4) is 0 Å². The number of ether oxygens (including phenoxy) is 1. The Kier molecular flexibility index (Phi) is 5.51. The van der Waals surface area contributed by atoms with Gasteiger partial charge in [-0.05, 0) is 32.0 Å². The number of benzene rings is 1. The third kappa shape index (κ3) is 4.01. The number of morpholine rings is 1. The van der Waals surface area contributed by atoms with E-state index in [1.165, 1.54) is 0 Å². The van der Waals surface area contributed by atoms with Gasteiger partial charge in [0.1, 0.15) is 0 Å². The number of carbonyl (C=O) groups excluding carboxylic acids is 1. The highest BCUT2D eigenvalue weighted by Gasteiger charge is 2.19. The van der Waals surface area contributed by atoms with E-state index in [4.69, 9.17) is 4.74 Å². The predicted octanol–water partition coefficient (Wildman–Crippen LogP) is 2.91. The van der Waals surface area contributed by atoms with Crippen molar-refractivity contribution < 1.29 is 18.3 Å². The summed E-state index contributed by atoms with van der Waals surface area (Å²) in [5.74, 6) is -0.260. The van der Waals surface area contributed by atoms with Crippen LogP contribution >= 0.6 is 0 Å². The van der Waals surface area contributed by atoms with Crippen LogP contribution in [0, 0.1) is 13.8 Å². The zero-order valence-electron chi connectivity index (χ0n) is 14.8. The summed E-state index contributed by atoms with van der Waals surface area (Å²) in [5.41, 5.74) is 2.99. The first kappa shape index (κ1) is 18.3. The number of rotatable bonds is 5. The van der Waals surface area contributed by atoms with Crippen LogP contribution < -0.4 is 10.2 Å². The van der Waals surface area contributed by atoms with Crippen LogP contribution in [-0.4, -0.2) is 42.0 Å². The summed E-state index contributed by atoms with van der Waals surface area (Å²) < 4.78 is 31.8. The standard InChI is InChI=1S/C18H22F2N4O2/c1-12-16(13(2)24(22-12)18(19)20)11-17(25)21-14-4-3-5-15(10-14)23-6-8-26-9-7-23/h3-5,10,18H,6-9,11H2,1-2H3,(H,21,25). The fourth-order valence-corrected chi connectivity index (χ4v) is 3.11. The molecule has 0 radical (unpaired) electrons. The minimum atomic E-state index is -2.71. The first-order valence-corrected chi connectivity index (χ1v) is 8.51. The van der Waals surface area contributed by atoms with Crippen molar-refractivity contribution >= 4 is 17.3 Å². The Morgan fingerprint density at radius 3 is 2.69 bits per heavy atom. The van der Waals surface area contributed by atoms with Gasteiger partial charge in [0.25, 0.3) is 0 Å². The number of nitrogens with one attached hydrogen (secondary N) is 1. The summed E-state index contributed by atoms with van der Waals surface area (Å²) in [6.45, 7) is 3.45. The second kappa shape index (κ2) is 7.82. The topological polar surface area (TPSA) is 59.4 Å². The Balaban J connectivity index is 1.69. The van der Waals surface area contributed by atoms with Gasteiger partial charge in [0.15, 0.2) is 0 Å². The highest BCUT2D eigenvalue weighted by Crippen LogP contribution is 2.22. The van der Waals surface area contributed by atoms with Crippen LogP contribution in [-0.2, 0) is 16.0 Å². The van der Waals surface area contributed by atoms with Gasteiger partial charge in [-0.1, -0.05) is 6.07 Å². The maximum atomic E-state index is 12.9. The number of aromatic nitrogens is 2. The molecule has 0 aliphatic carbocycles. The van der Waals surface area contributed by atoms with Crippen molar-refractivity contribution in [2.75, 3.05) is 36.5 Å². The molecule has 2 aromatic rings. The Labute approximate surface area is 150 Å².